The number of hydrogen-bond acceptors (Lipinski definition) is 3. The van der Waals surface area contributed by atoms with Gasteiger partial charge in [0.05, 0.1) is 5.52 Å². The van der Waals surface area contributed by atoms with Crippen LogP contribution in [-0.4, -0.2) is 11.8 Å². The van der Waals surface area contributed by atoms with E-state index in [9.17, 15) is 0 Å². The lowest BCUT2D eigenvalue weighted by Crippen LogP contribution is -1.93. The van der Waals surface area contributed by atoms with Gasteiger partial charge in [-0.3, -0.25) is 4.98 Å². The molecule has 5 rings (SSSR count). The maximum atomic E-state index is 5.59. The lowest BCUT2D eigenvalue weighted by molar-refractivity contribution is 0.175. The molecule has 0 fully saturated rings. The molecule has 1 aliphatic heterocycles. The summed E-state index contributed by atoms with van der Waals surface area (Å²) in [7, 11) is 0. The number of hydrogen-bond donors (Lipinski definition) is 0. The number of nitrogens with zero attached hydrogens (tertiary/aromatic N) is 1. The van der Waals surface area contributed by atoms with Crippen molar-refractivity contribution in [2.24, 2.45) is 0 Å². The summed E-state index contributed by atoms with van der Waals surface area (Å²) in [6.45, 7) is 0.282. The first-order valence-electron chi connectivity index (χ1n) is 6.90. The van der Waals surface area contributed by atoms with E-state index in [-0.39, 0.29) is 6.79 Å². The van der Waals surface area contributed by atoms with E-state index in [1.165, 1.54) is 10.8 Å². The van der Waals surface area contributed by atoms with Gasteiger partial charge in [-0.25, -0.2) is 0 Å². The number of pyridine rings is 1. The van der Waals surface area contributed by atoms with Crippen LogP contribution in [0.3, 0.4) is 0 Å². The van der Waals surface area contributed by atoms with Crippen LogP contribution in [0.25, 0.3) is 32.4 Å². The molecule has 0 radical (unpaired) electrons. The number of benzene rings is 3. The molecule has 4 aromatic rings. The minimum absolute atomic E-state index is 0.282. The van der Waals surface area contributed by atoms with Gasteiger partial charge in [0, 0.05) is 22.4 Å². The molecule has 0 unspecified atom stereocenters. The summed E-state index contributed by atoms with van der Waals surface area (Å²) >= 11 is 0. The molecular weight excluding hydrogens is 262 g/mol. The van der Waals surface area contributed by atoms with Gasteiger partial charge in [0.15, 0.2) is 11.5 Å². The molecule has 1 aromatic heterocycles. The molecule has 0 saturated heterocycles. The molecule has 0 saturated carbocycles. The highest BCUT2D eigenvalue weighted by Crippen LogP contribution is 2.41. The zero-order valence-electron chi connectivity index (χ0n) is 11.2. The fraction of sp³-hybridized carbons (Fsp3) is 0.0556. The lowest BCUT2D eigenvalue weighted by Gasteiger charge is -2.08. The molecule has 1 aliphatic rings. The first-order valence-corrected chi connectivity index (χ1v) is 6.90. The molecule has 100 valence electrons. The van der Waals surface area contributed by atoms with Crippen molar-refractivity contribution in [1.29, 1.82) is 0 Å². The zero-order valence-corrected chi connectivity index (χ0v) is 11.2. The Bertz CT molecular complexity index is 1020. The van der Waals surface area contributed by atoms with Gasteiger partial charge < -0.3 is 9.47 Å². The molecule has 21 heavy (non-hydrogen) atoms. The van der Waals surface area contributed by atoms with Crippen molar-refractivity contribution in [3.8, 4) is 11.5 Å². The van der Waals surface area contributed by atoms with E-state index in [0.717, 1.165) is 33.2 Å². The molecule has 2 heterocycles. The summed E-state index contributed by atoms with van der Waals surface area (Å²) in [6, 6.07) is 16.7. The summed E-state index contributed by atoms with van der Waals surface area (Å²) in [5.74, 6) is 1.60. The minimum atomic E-state index is 0.282. The molecule has 3 heteroatoms. The largest absolute Gasteiger partial charge is 0.454 e. The van der Waals surface area contributed by atoms with E-state index in [0.29, 0.717) is 0 Å². The third-order valence-corrected chi connectivity index (χ3v) is 4.09. The van der Waals surface area contributed by atoms with Crippen LogP contribution < -0.4 is 9.47 Å². The van der Waals surface area contributed by atoms with Crippen LogP contribution in [0.1, 0.15) is 0 Å². The van der Waals surface area contributed by atoms with Crippen LogP contribution in [-0.2, 0) is 0 Å². The second-order valence-corrected chi connectivity index (χ2v) is 5.20. The van der Waals surface area contributed by atoms with Crippen LogP contribution in [0.15, 0.2) is 54.7 Å². The summed E-state index contributed by atoms with van der Waals surface area (Å²) in [4.78, 5) is 4.68. The molecule has 0 spiro atoms. The van der Waals surface area contributed by atoms with Gasteiger partial charge in [-0.05, 0) is 22.9 Å². The third-order valence-electron chi connectivity index (χ3n) is 4.09. The predicted molar refractivity (Wildman–Crippen MR) is 82.9 cm³/mol. The second kappa shape index (κ2) is 3.85. The average Bonchev–Trinajstić information content (AvgIpc) is 3.03. The Kier molecular flexibility index (Phi) is 2.00. The molecule has 0 N–H and O–H groups in total. The van der Waals surface area contributed by atoms with Crippen LogP contribution in [0.4, 0.5) is 0 Å². The van der Waals surface area contributed by atoms with Gasteiger partial charge in [0.1, 0.15) is 0 Å². The van der Waals surface area contributed by atoms with Gasteiger partial charge in [-0.1, -0.05) is 36.4 Å². The summed E-state index contributed by atoms with van der Waals surface area (Å²) in [5, 5.41) is 5.68. The van der Waals surface area contributed by atoms with E-state index in [4.69, 9.17) is 9.47 Å². The lowest BCUT2D eigenvalue weighted by atomic mass is 10.0. The average molecular weight is 273 g/mol. The molecule has 3 nitrogen and oxygen atoms in total. The molecular formula is C18H11NO2. The highest BCUT2D eigenvalue weighted by atomic mass is 16.7. The highest BCUT2D eigenvalue weighted by Gasteiger charge is 2.18. The maximum absolute atomic E-state index is 5.59. The number of aromatic nitrogens is 1. The van der Waals surface area contributed by atoms with E-state index in [1.807, 2.05) is 24.4 Å². The Labute approximate surface area is 120 Å². The second-order valence-electron chi connectivity index (χ2n) is 5.20. The van der Waals surface area contributed by atoms with Crippen LogP contribution in [0.5, 0.6) is 11.5 Å². The van der Waals surface area contributed by atoms with Crippen molar-refractivity contribution in [2.45, 2.75) is 0 Å². The summed E-state index contributed by atoms with van der Waals surface area (Å²) < 4.78 is 11.0. The fourth-order valence-electron chi connectivity index (χ4n) is 3.10. The number of rotatable bonds is 0. The van der Waals surface area contributed by atoms with Gasteiger partial charge >= 0.3 is 0 Å². The Balaban J connectivity index is 1.99. The van der Waals surface area contributed by atoms with Gasteiger partial charge in [-0.2, -0.15) is 0 Å². The van der Waals surface area contributed by atoms with Crippen molar-refractivity contribution in [1.82, 2.24) is 4.98 Å². The Hall–Kier alpha value is -2.81. The van der Waals surface area contributed by atoms with Crippen molar-refractivity contribution in [3.63, 3.8) is 0 Å². The first kappa shape index (κ1) is 10.9. The standard InChI is InChI=1S/C18H11NO2/c1-2-4-12-11(3-1)5-6-14-13-7-8-16-18(21-10-20-16)15(13)9-19-17(12)14/h1-9H,10H2. The number of ether oxygens (including phenoxy) is 2. The van der Waals surface area contributed by atoms with E-state index in [1.54, 1.807) is 0 Å². The van der Waals surface area contributed by atoms with E-state index in [2.05, 4.69) is 35.3 Å². The summed E-state index contributed by atoms with van der Waals surface area (Å²) in [6.07, 6.45) is 1.89. The van der Waals surface area contributed by atoms with Gasteiger partial charge in [0.25, 0.3) is 0 Å². The molecule has 0 bridgehead atoms. The smallest absolute Gasteiger partial charge is 0.231 e. The van der Waals surface area contributed by atoms with E-state index >= 15 is 0 Å². The van der Waals surface area contributed by atoms with Gasteiger partial charge in [-0.15, -0.1) is 0 Å². The first-order chi connectivity index (χ1) is 10.4. The predicted octanol–water partition coefficient (Wildman–Crippen LogP) is 4.27. The third kappa shape index (κ3) is 1.40. The molecule has 0 aliphatic carbocycles. The Morgan fingerprint density at radius 1 is 0.762 bits per heavy atom. The van der Waals surface area contributed by atoms with Gasteiger partial charge in [0.2, 0.25) is 6.79 Å². The van der Waals surface area contributed by atoms with E-state index < -0.39 is 0 Å². The minimum Gasteiger partial charge on any atom is -0.454 e. The zero-order chi connectivity index (χ0) is 13.8. The SMILES string of the molecule is c1ccc2c(c1)ccc1c3ccc4c(c3cnc21)OCO4. The fourth-order valence-corrected chi connectivity index (χ4v) is 3.10. The van der Waals surface area contributed by atoms with Crippen LogP contribution in [0, 0.1) is 0 Å². The quantitative estimate of drug-likeness (QED) is 0.448. The maximum Gasteiger partial charge on any atom is 0.231 e. The van der Waals surface area contributed by atoms with Crippen molar-refractivity contribution >= 4 is 32.4 Å². The van der Waals surface area contributed by atoms with Crippen molar-refractivity contribution in [2.75, 3.05) is 6.79 Å². The normalized spacial score (nSPS) is 13.3. The highest BCUT2D eigenvalue weighted by molar-refractivity contribution is 6.16. The monoisotopic (exact) mass is 273 g/mol. The molecule has 3 aromatic carbocycles. The van der Waals surface area contributed by atoms with Crippen molar-refractivity contribution < 1.29 is 9.47 Å². The Morgan fingerprint density at radius 2 is 1.67 bits per heavy atom. The topological polar surface area (TPSA) is 31.4 Å². The number of fused-ring (bicyclic) bond motifs is 7. The van der Waals surface area contributed by atoms with Crippen LogP contribution >= 0.6 is 0 Å². The Morgan fingerprint density at radius 3 is 2.67 bits per heavy atom. The van der Waals surface area contributed by atoms with Crippen molar-refractivity contribution in [3.05, 3.63) is 54.7 Å². The summed E-state index contributed by atoms with van der Waals surface area (Å²) in [5.41, 5.74) is 1.03. The molecule has 0 amide bonds. The molecule has 0 atom stereocenters. The van der Waals surface area contributed by atoms with Crippen LogP contribution in [0.2, 0.25) is 0 Å².